The quantitative estimate of drug-likeness (QED) is 0.317. The second kappa shape index (κ2) is 13.5. The number of ether oxygens (including phenoxy) is 1. The van der Waals surface area contributed by atoms with E-state index in [9.17, 15) is 9.59 Å². The number of rotatable bonds is 9. The lowest BCUT2D eigenvalue weighted by molar-refractivity contribution is -0.125. The molecule has 1 heterocycles. The molecule has 1 fully saturated rings. The number of nitrogens with zero attached hydrogens (tertiary/aromatic N) is 4. The lowest BCUT2D eigenvalue weighted by Crippen LogP contribution is -2.47. The van der Waals surface area contributed by atoms with Gasteiger partial charge in [0.2, 0.25) is 11.9 Å². The molecule has 3 rings (SSSR count). The summed E-state index contributed by atoms with van der Waals surface area (Å²) in [7, 11) is 1.55. The molecule has 1 saturated carbocycles. The molecule has 0 aliphatic heterocycles. The molecule has 3 N–H and O–H groups in total. The average Bonchev–Trinajstić information content (AvgIpc) is 2.87. The van der Waals surface area contributed by atoms with E-state index in [2.05, 4.69) is 43.8 Å². The number of aromatic nitrogens is 2. The number of nitrogens with one attached hydrogen (secondary N) is 3. The fourth-order valence-electron chi connectivity index (χ4n) is 3.51. The van der Waals surface area contributed by atoms with Crippen molar-refractivity contribution in [1.82, 2.24) is 20.2 Å². The normalized spacial score (nSPS) is 13.5. The lowest BCUT2D eigenvalue weighted by Gasteiger charge is -2.28. The lowest BCUT2D eigenvalue weighted by atomic mass is 9.93. The fourth-order valence-corrected chi connectivity index (χ4v) is 3.51. The second-order valence-electron chi connectivity index (χ2n) is 10.5. The SMILES string of the molecule is C[C@@H](C(=O)NCCCC#Cc1cnc(Nc2ccc(C#N)cc2)nc1NC1CCC1)N(C)C(=O)OC(C)(C)C. The van der Waals surface area contributed by atoms with Gasteiger partial charge in [-0.2, -0.15) is 10.2 Å². The molecule has 2 amide bonds. The van der Waals surface area contributed by atoms with Crippen LogP contribution in [0, 0.1) is 23.2 Å². The Morgan fingerprint density at radius 3 is 2.56 bits per heavy atom. The van der Waals surface area contributed by atoms with Gasteiger partial charge in [0.25, 0.3) is 0 Å². The van der Waals surface area contributed by atoms with E-state index in [1.807, 2.05) is 12.1 Å². The number of amides is 2. The van der Waals surface area contributed by atoms with E-state index < -0.39 is 17.7 Å². The smallest absolute Gasteiger partial charge is 0.410 e. The van der Waals surface area contributed by atoms with Crippen LogP contribution in [0.15, 0.2) is 30.5 Å². The van der Waals surface area contributed by atoms with Crippen LogP contribution < -0.4 is 16.0 Å². The molecular weight excluding hydrogens is 494 g/mol. The van der Waals surface area contributed by atoms with Gasteiger partial charge in [-0.25, -0.2) is 9.78 Å². The molecule has 39 heavy (non-hydrogen) atoms. The summed E-state index contributed by atoms with van der Waals surface area (Å²) in [5, 5.41) is 18.5. The summed E-state index contributed by atoms with van der Waals surface area (Å²) in [5.74, 6) is 7.18. The van der Waals surface area contributed by atoms with Gasteiger partial charge < -0.3 is 20.7 Å². The fraction of sp³-hybridized carbons (Fsp3) is 0.483. The number of likely N-dealkylation sites (N-methyl/N-ethyl adjacent to an activating group) is 1. The largest absolute Gasteiger partial charge is 0.444 e. The number of nitriles is 1. The third-order valence-corrected chi connectivity index (χ3v) is 6.15. The Hall–Kier alpha value is -4.31. The zero-order chi connectivity index (χ0) is 28.4. The van der Waals surface area contributed by atoms with Crippen LogP contribution in [-0.4, -0.2) is 58.1 Å². The monoisotopic (exact) mass is 531 g/mol. The van der Waals surface area contributed by atoms with Crippen molar-refractivity contribution in [2.45, 2.75) is 77.5 Å². The molecule has 10 nitrogen and oxygen atoms in total. The molecule has 1 aromatic carbocycles. The van der Waals surface area contributed by atoms with Crippen molar-refractivity contribution in [3.63, 3.8) is 0 Å². The molecule has 0 bridgehead atoms. The van der Waals surface area contributed by atoms with Gasteiger partial charge in [0.05, 0.1) is 23.4 Å². The van der Waals surface area contributed by atoms with Gasteiger partial charge in [-0.15, -0.1) is 0 Å². The maximum Gasteiger partial charge on any atom is 0.410 e. The van der Waals surface area contributed by atoms with Crippen LogP contribution in [0.2, 0.25) is 0 Å². The van der Waals surface area contributed by atoms with E-state index >= 15 is 0 Å². The van der Waals surface area contributed by atoms with Gasteiger partial charge >= 0.3 is 6.09 Å². The summed E-state index contributed by atoms with van der Waals surface area (Å²) < 4.78 is 5.32. The van der Waals surface area contributed by atoms with Crippen molar-refractivity contribution in [3.05, 3.63) is 41.6 Å². The Labute approximate surface area is 230 Å². The average molecular weight is 532 g/mol. The Morgan fingerprint density at radius 1 is 1.23 bits per heavy atom. The molecular formula is C29H37N7O3. The zero-order valence-corrected chi connectivity index (χ0v) is 23.3. The van der Waals surface area contributed by atoms with Crippen LogP contribution in [-0.2, 0) is 9.53 Å². The first-order valence-corrected chi connectivity index (χ1v) is 13.2. The number of hydrogen-bond acceptors (Lipinski definition) is 8. The summed E-state index contributed by atoms with van der Waals surface area (Å²) in [6, 6.07) is 8.91. The number of unbranched alkanes of at least 4 members (excludes halogenated alkanes) is 1. The summed E-state index contributed by atoms with van der Waals surface area (Å²) >= 11 is 0. The van der Waals surface area contributed by atoms with Crippen LogP contribution in [0.5, 0.6) is 0 Å². The van der Waals surface area contributed by atoms with Gasteiger partial charge in [0, 0.05) is 31.7 Å². The van der Waals surface area contributed by atoms with Crippen LogP contribution in [0.4, 0.5) is 22.2 Å². The minimum Gasteiger partial charge on any atom is -0.444 e. The maximum absolute atomic E-state index is 12.4. The molecule has 0 spiro atoms. The van der Waals surface area contributed by atoms with Crippen LogP contribution in [0.1, 0.15) is 70.9 Å². The standard InChI is InChI=1S/C29H37N7O3/c1-20(36(5)28(38)39-29(2,3)4)26(37)31-17-8-6-7-10-22-19-32-27(35-25(22)33-23-11-9-12-23)34-24-15-13-21(18-30)14-16-24/h13-16,19-20,23H,6,8-9,11-12,17H2,1-5H3,(H,31,37)(H2,32,33,34,35)/t20-/m0/s1. The summed E-state index contributed by atoms with van der Waals surface area (Å²) in [6.45, 7) is 7.45. The maximum atomic E-state index is 12.4. The number of carbonyl (C=O) groups is 2. The first kappa shape index (κ1) is 29.2. The van der Waals surface area contributed by atoms with Crippen molar-refractivity contribution in [2.75, 3.05) is 24.2 Å². The van der Waals surface area contributed by atoms with Gasteiger partial charge in [0.1, 0.15) is 17.5 Å². The summed E-state index contributed by atoms with van der Waals surface area (Å²) in [6.07, 6.45) is 5.77. The first-order chi connectivity index (χ1) is 18.6. The third kappa shape index (κ3) is 9.19. The molecule has 1 aliphatic rings. The highest BCUT2D eigenvalue weighted by Gasteiger charge is 2.26. The highest BCUT2D eigenvalue weighted by atomic mass is 16.6. The molecule has 1 aliphatic carbocycles. The van der Waals surface area contributed by atoms with Gasteiger partial charge in [-0.05, 0) is 77.6 Å². The molecule has 1 atom stereocenters. The Bertz CT molecular complexity index is 1250. The van der Waals surface area contributed by atoms with Crippen molar-refractivity contribution in [3.8, 4) is 17.9 Å². The Balaban J connectivity index is 1.53. The second-order valence-corrected chi connectivity index (χ2v) is 10.5. The van der Waals surface area contributed by atoms with Crippen molar-refractivity contribution in [1.29, 1.82) is 5.26 Å². The number of benzene rings is 1. The highest BCUT2D eigenvalue weighted by Crippen LogP contribution is 2.25. The predicted molar refractivity (Wildman–Crippen MR) is 150 cm³/mol. The van der Waals surface area contributed by atoms with Crippen LogP contribution in [0.3, 0.4) is 0 Å². The summed E-state index contributed by atoms with van der Waals surface area (Å²) in [4.78, 5) is 35.0. The van der Waals surface area contributed by atoms with Crippen LogP contribution >= 0.6 is 0 Å². The van der Waals surface area contributed by atoms with E-state index in [1.54, 1.807) is 53.1 Å². The van der Waals surface area contributed by atoms with Gasteiger partial charge in [0.15, 0.2) is 0 Å². The van der Waals surface area contributed by atoms with E-state index in [4.69, 9.17) is 10.00 Å². The highest BCUT2D eigenvalue weighted by molar-refractivity contribution is 5.85. The predicted octanol–water partition coefficient (Wildman–Crippen LogP) is 4.56. The Kier molecular flexibility index (Phi) is 10.1. The van der Waals surface area contributed by atoms with E-state index in [-0.39, 0.29) is 5.91 Å². The molecule has 206 valence electrons. The zero-order valence-electron chi connectivity index (χ0n) is 23.3. The van der Waals surface area contributed by atoms with E-state index in [0.717, 1.165) is 18.5 Å². The van der Waals surface area contributed by atoms with Gasteiger partial charge in [-0.1, -0.05) is 11.8 Å². The van der Waals surface area contributed by atoms with E-state index in [1.165, 1.54) is 11.3 Å². The van der Waals surface area contributed by atoms with Crippen molar-refractivity contribution in [2.24, 2.45) is 0 Å². The van der Waals surface area contributed by atoms with Gasteiger partial charge in [-0.3, -0.25) is 9.69 Å². The van der Waals surface area contributed by atoms with Crippen molar-refractivity contribution < 1.29 is 14.3 Å². The van der Waals surface area contributed by atoms with E-state index in [0.29, 0.717) is 48.3 Å². The van der Waals surface area contributed by atoms with Crippen LogP contribution in [0.25, 0.3) is 0 Å². The molecule has 0 unspecified atom stereocenters. The number of anilines is 3. The molecule has 1 aromatic heterocycles. The molecule has 10 heteroatoms. The minimum absolute atomic E-state index is 0.248. The number of hydrogen-bond donors (Lipinski definition) is 3. The topological polar surface area (TPSA) is 132 Å². The molecule has 0 saturated heterocycles. The molecule has 2 aromatic rings. The number of carbonyl (C=O) groups excluding carboxylic acids is 2. The third-order valence-electron chi connectivity index (χ3n) is 6.15. The van der Waals surface area contributed by atoms with Crippen molar-refractivity contribution >= 4 is 29.5 Å². The summed E-state index contributed by atoms with van der Waals surface area (Å²) in [5.41, 5.74) is 1.46. The Morgan fingerprint density at radius 2 is 1.95 bits per heavy atom. The minimum atomic E-state index is -0.653. The molecule has 0 radical (unpaired) electrons. The first-order valence-electron chi connectivity index (χ1n) is 13.2.